The molecule has 2 unspecified atom stereocenters. The Morgan fingerprint density at radius 1 is 0.974 bits per heavy atom. The summed E-state index contributed by atoms with van der Waals surface area (Å²) >= 11 is 19.9. The van der Waals surface area contributed by atoms with Crippen LogP contribution in [0.15, 0.2) is 54.6 Å². The van der Waals surface area contributed by atoms with E-state index in [2.05, 4.69) is 41.3 Å². The molecule has 2 atom stereocenters. The van der Waals surface area contributed by atoms with Gasteiger partial charge >= 0.3 is 6.03 Å². The minimum atomic E-state index is -0.299. The van der Waals surface area contributed by atoms with Gasteiger partial charge in [0.2, 0.25) is 0 Å². The second-order valence-electron chi connectivity index (χ2n) is 10.2. The van der Waals surface area contributed by atoms with E-state index in [1.807, 2.05) is 24.3 Å². The number of benzene rings is 3. The lowest BCUT2D eigenvalue weighted by Gasteiger charge is -2.34. The summed E-state index contributed by atoms with van der Waals surface area (Å²) in [6.07, 6.45) is 0. The molecule has 1 fully saturated rings. The quantitative estimate of drug-likeness (QED) is 0.351. The molecule has 200 valence electrons. The Balaban J connectivity index is 1.68. The molecular weight excluding hydrogens is 543 g/mol. The monoisotopic (exact) mass is 572 g/mol. The summed E-state index contributed by atoms with van der Waals surface area (Å²) in [4.78, 5) is 19.5. The number of rotatable bonds is 7. The van der Waals surface area contributed by atoms with Crippen molar-refractivity contribution in [3.05, 3.63) is 80.8 Å². The van der Waals surface area contributed by atoms with Crippen molar-refractivity contribution in [2.45, 2.75) is 12.5 Å². The maximum Gasteiger partial charge on any atom is 0.326 e. The fourth-order valence-electron chi connectivity index (χ4n) is 5.52. The first-order valence-corrected chi connectivity index (χ1v) is 13.8. The van der Waals surface area contributed by atoms with Crippen LogP contribution < -0.4 is 10.2 Å². The third-order valence-electron chi connectivity index (χ3n) is 7.48. The molecule has 0 radical (unpaired) electrons. The molecule has 9 heteroatoms. The van der Waals surface area contributed by atoms with Gasteiger partial charge in [0.1, 0.15) is 0 Å². The SMILES string of the molecule is CN(C)CCN1CC(CO)C(c2cc(-c3ccccc3Cl)c3c(c2)N(c2c(Cl)cccc2Cl)C(=O)NC3)C1. The number of urea groups is 1. The summed E-state index contributed by atoms with van der Waals surface area (Å²) in [5.74, 6) is 0.159. The molecule has 3 aromatic rings. The predicted octanol–water partition coefficient (Wildman–Crippen LogP) is 6.24. The minimum Gasteiger partial charge on any atom is -0.396 e. The molecule has 2 aliphatic rings. The topological polar surface area (TPSA) is 59.1 Å². The van der Waals surface area contributed by atoms with Crippen LogP contribution in [0, 0.1) is 5.92 Å². The number of amides is 2. The highest BCUT2D eigenvalue weighted by Gasteiger charge is 2.36. The van der Waals surface area contributed by atoms with Crippen LogP contribution in [-0.2, 0) is 6.54 Å². The molecule has 0 saturated carbocycles. The summed E-state index contributed by atoms with van der Waals surface area (Å²) in [6.45, 7) is 3.93. The van der Waals surface area contributed by atoms with Crippen molar-refractivity contribution in [1.29, 1.82) is 0 Å². The van der Waals surface area contributed by atoms with Crippen molar-refractivity contribution in [2.24, 2.45) is 5.92 Å². The highest BCUT2D eigenvalue weighted by Crippen LogP contribution is 2.46. The second kappa shape index (κ2) is 11.4. The lowest BCUT2D eigenvalue weighted by Crippen LogP contribution is -2.42. The average molecular weight is 574 g/mol. The molecule has 2 heterocycles. The Labute approximate surface area is 238 Å². The van der Waals surface area contributed by atoms with Crippen molar-refractivity contribution >= 4 is 52.2 Å². The van der Waals surface area contributed by atoms with E-state index in [1.165, 1.54) is 0 Å². The van der Waals surface area contributed by atoms with Gasteiger partial charge in [-0.15, -0.1) is 0 Å². The maximum absolute atomic E-state index is 13.3. The summed E-state index contributed by atoms with van der Waals surface area (Å²) in [7, 11) is 4.13. The smallest absolute Gasteiger partial charge is 0.326 e. The Kier molecular flexibility index (Phi) is 8.19. The van der Waals surface area contributed by atoms with Crippen LogP contribution in [0.5, 0.6) is 0 Å². The Morgan fingerprint density at radius 3 is 2.37 bits per heavy atom. The van der Waals surface area contributed by atoms with Crippen LogP contribution in [0.2, 0.25) is 15.1 Å². The Hall–Kier alpha value is -2.32. The lowest BCUT2D eigenvalue weighted by atomic mass is 9.85. The number of aliphatic hydroxyl groups is 1. The second-order valence-corrected chi connectivity index (χ2v) is 11.4. The first-order chi connectivity index (χ1) is 18.3. The molecular formula is C29H31Cl3N4O2. The van der Waals surface area contributed by atoms with Crippen LogP contribution in [0.3, 0.4) is 0 Å². The number of nitrogens with one attached hydrogen (secondary N) is 1. The number of likely N-dealkylation sites (N-methyl/N-ethyl adjacent to an activating group) is 1. The van der Waals surface area contributed by atoms with Crippen LogP contribution in [0.1, 0.15) is 17.0 Å². The number of carbonyl (C=O) groups excluding carboxylic acids is 1. The summed E-state index contributed by atoms with van der Waals surface area (Å²) < 4.78 is 0. The van der Waals surface area contributed by atoms with Crippen LogP contribution in [0.25, 0.3) is 11.1 Å². The number of carbonyl (C=O) groups is 1. The standard InChI is InChI=1S/C29H31Cl3N4O2/c1-34(2)10-11-35-15-19(17-37)23(16-35)18-12-21(20-6-3-4-7-24(20)30)22-14-33-29(38)36(27(22)13-18)28-25(31)8-5-9-26(28)32/h3-9,12-13,19,23,37H,10-11,14-17H2,1-2H3,(H,33,38). The first-order valence-electron chi connectivity index (χ1n) is 12.7. The Bertz CT molecular complexity index is 1330. The molecule has 1 saturated heterocycles. The number of anilines is 2. The Morgan fingerprint density at radius 2 is 1.68 bits per heavy atom. The number of halogens is 3. The highest BCUT2D eigenvalue weighted by molar-refractivity contribution is 6.40. The van der Waals surface area contributed by atoms with Gasteiger partial charge in [0.25, 0.3) is 0 Å². The van der Waals surface area contributed by atoms with Gasteiger partial charge in [-0.1, -0.05) is 65.1 Å². The van der Waals surface area contributed by atoms with Crippen molar-refractivity contribution in [2.75, 3.05) is 51.8 Å². The third-order valence-corrected chi connectivity index (χ3v) is 8.42. The van der Waals surface area contributed by atoms with Gasteiger partial charge in [0.05, 0.1) is 21.4 Å². The van der Waals surface area contributed by atoms with Crippen molar-refractivity contribution < 1.29 is 9.90 Å². The molecule has 0 bridgehead atoms. The van der Waals surface area contributed by atoms with E-state index < -0.39 is 0 Å². The molecule has 6 nitrogen and oxygen atoms in total. The highest BCUT2D eigenvalue weighted by atomic mass is 35.5. The van der Waals surface area contributed by atoms with Gasteiger partial charge in [-0.2, -0.15) is 0 Å². The van der Waals surface area contributed by atoms with Crippen molar-refractivity contribution in [1.82, 2.24) is 15.1 Å². The van der Waals surface area contributed by atoms with Gasteiger partial charge < -0.3 is 20.2 Å². The zero-order chi connectivity index (χ0) is 27.0. The van der Waals surface area contributed by atoms with E-state index in [0.717, 1.165) is 54.1 Å². The fourth-order valence-corrected chi connectivity index (χ4v) is 6.33. The number of hydrogen-bond acceptors (Lipinski definition) is 4. The van der Waals surface area contributed by atoms with Crippen LogP contribution in [0.4, 0.5) is 16.2 Å². The van der Waals surface area contributed by atoms with Crippen molar-refractivity contribution in [3.8, 4) is 11.1 Å². The molecule has 2 amide bonds. The molecule has 2 aliphatic heterocycles. The van der Waals surface area contributed by atoms with Gasteiger partial charge in [0.15, 0.2) is 0 Å². The number of para-hydroxylation sites is 1. The van der Waals surface area contributed by atoms with E-state index in [4.69, 9.17) is 34.8 Å². The van der Waals surface area contributed by atoms with Gasteiger partial charge in [0, 0.05) is 67.3 Å². The molecule has 5 rings (SSSR count). The molecule has 2 N–H and O–H groups in total. The summed E-state index contributed by atoms with van der Waals surface area (Å²) in [5, 5.41) is 14.7. The normalized spacial score (nSPS) is 19.7. The molecule has 38 heavy (non-hydrogen) atoms. The molecule has 0 spiro atoms. The zero-order valence-corrected chi connectivity index (χ0v) is 23.7. The van der Waals surface area contributed by atoms with Gasteiger partial charge in [-0.25, -0.2) is 4.79 Å². The van der Waals surface area contributed by atoms with Crippen molar-refractivity contribution in [3.63, 3.8) is 0 Å². The molecule has 3 aromatic carbocycles. The number of hydrogen-bond donors (Lipinski definition) is 2. The summed E-state index contributed by atoms with van der Waals surface area (Å²) in [5.41, 5.74) is 4.97. The molecule has 0 aromatic heterocycles. The fraction of sp³-hybridized carbons (Fsp3) is 0.345. The van der Waals surface area contributed by atoms with E-state index in [-0.39, 0.29) is 24.5 Å². The van der Waals surface area contributed by atoms with Crippen LogP contribution in [-0.4, -0.2) is 67.8 Å². The minimum absolute atomic E-state index is 0.0732. The number of nitrogens with zero attached hydrogens (tertiary/aromatic N) is 3. The van der Waals surface area contributed by atoms with E-state index in [9.17, 15) is 9.90 Å². The number of fused-ring (bicyclic) bond motifs is 1. The predicted molar refractivity (Wildman–Crippen MR) is 156 cm³/mol. The van der Waals surface area contributed by atoms with Gasteiger partial charge in [-0.3, -0.25) is 4.90 Å². The zero-order valence-electron chi connectivity index (χ0n) is 21.4. The van der Waals surface area contributed by atoms with Crippen LogP contribution >= 0.6 is 34.8 Å². The first kappa shape index (κ1) is 27.3. The average Bonchev–Trinajstić information content (AvgIpc) is 3.32. The lowest BCUT2D eigenvalue weighted by molar-refractivity contribution is 0.211. The summed E-state index contributed by atoms with van der Waals surface area (Å²) in [6, 6.07) is 16.9. The third kappa shape index (κ3) is 5.26. The van der Waals surface area contributed by atoms with E-state index >= 15 is 0 Å². The molecule has 0 aliphatic carbocycles. The maximum atomic E-state index is 13.3. The van der Waals surface area contributed by atoms with E-state index in [1.54, 1.807) is 23.1 Å². The largest absolute Gasteiger partial charge is 0.396 e. The number of aliphatic hydroxyl groups excluding tert-OH is 1. The van der Waals surface area contributed by atoms with Gasteiger partial charge in [-0.05, 0) is 49.5 Å². The number of likely N-dealkylation sites (tertiary alicyclic amines) is 1. The van der Waals surface area contributed by atoms with E-state index in [0.29, 0.717) is 27.3 Å².